The Labute approximate surface area is 143 Å². The van der Waals surface area contributed by atoms with Crippen LogP contribution < -0.4 is 4.90 Å². The maximum atomic E-state index is 5.87. The van der Waals surface area contributed by atoms with Gasteiger partial charge in [0.1, 0.15) is 0 Å². The summed E-state index contributed by atoms with van der Waals surface area (Å²) in [7, 11) is 0. The van der Waals surface area contributed by atoms with Gasteiger partial charge in [-0.25, -0.2) is 0 Å². The average molecular weight is 318 g/mol. The van der Waals surface area contributed by atoms with Gasteiger partial charge in [-0.1, -0.05) is 32.9 Å². The molecule has 1 heterocycles. The van der Waals surface area contributed by atoms with Crippen molar-refractivity contribution in [2.24, 2.45) is 5.92 Å². The molecule has 1 fully saturated rings. The van der Waals surface area contributed by atoms with Crippen LogP contribution in [0.2, 0.25) is 0 Å². The number of piperidine rings is 1. The first-order valence-corrected chi connectivity index (χ1v) is 9.14. The van der Waals surface area contributed by atoms with E-state index >= 15 is 0 Å². The highest BCUT2D eigenvalue weighted by Gasteiger charge is 2.21. The summed E-state index contributed by atoms with van der Waals surface area (Å²) in [5.74, 6) is 0.822. The molecule has 0 spiro atoms. The topological polar surface area (TPSA) is 12.5 Å². The fraction of sp³-hybridized carbons (Fsp3) is 0.714. The number of hydrogen-bond donors (Lipinski definition) is 0. The first kappa shape index (κ1) is 18.3. The van der Waals surface area contributed by atoms with Crippen LogP contribution in [0.25, 0.3) is 0 Å². The summed E-state index contributed by atoms with van der Waals surface area (Å²) in [5, 5.41) is 0. The molecule has 1 saturated heterocycles. The van der Waals surface area contributed by atoms with Gasteiger partial charge in [0, 0.05) is 25.4 Å². The normalized spacial score (nSPS) is 17.6. The predicted molar refractivity (Wildman–Crippen MR) is 100 cm³/mol. The van der Waals surface area contributed by atoms with Crippen LogP contribution in [0.4, 0.5) is 5.69 Å². The Hall–Kier alpha value is -1.02. The molecule has 1 aliphatic rings. The molecule has 2 heteroatoms. The van der Waals surface area contributed by atoms with Gasteiger partial charge in [-0.3, -0.25) is 0 Å². The van der Waals surface area contributed by atoms with E-state index in [2.05, 4.69) is 70.7 Å². The van der Waals surface area contributed by atoms with Gasteiger partial charge in [0.25, 0.3) is 0 Å². The summed E-state index contributed by atoms with van der Waals surface area (Å²) in [6.07, 6.45) is 3.77. The van der Waals surface area contributed by atoms with E-state index in [1.165, 1.54) is 43.6 Å². The summed E-state index contributed by atoms with van der Waals surface area (Å²) < 4.78 is 5.87. The minimum Gasteiger partial charge on any atom is -0.376 e. The summed E-state index contributed by atoms with van der Waals surface area (Å²) in [5.41, 5.74) is 3.02. The second-order valence-corrected chi connectivity index (χ2v) is 8.98. The second kappa shape index (κ2) is 7.25. The van der Waals surface area contributed by atoms with E-state index in [0.29, 0.717) is 0 Å². The van der Waals surface area contributed by atoms with Crippen molar-refractivity contribution >= 4 is 5.69 Å². The van der Waals surface area contributed by atoms with Crippen LogP contribution in [0.1, 0.15) is 66.4 Å². The molecule has 2 nitrogen and oxygen atoms in total. The zero-order valence-corrected chi connectivity index (χ0v) is 16.0. The number of benzene rings is 1. The van der Waals surface area contributed by atoms with E-state index in [1.54, 1.807) is 0 Å². The van der Waals surface area contributed by atoms with Crippen LogP contribution in [-0.4, -0.2) is 25.3 Å². The molecule has 0 aliphatic carbocycles. The Bertz CT molecular complexity index is 470. The number of rotatable bonds is 4. The third-order valence-corrected chi connectivity index (χ3v) is 4.77. The van der Waals surface area contributed by atoms with Crippen molar-refractivity contribution in [1.82, 2.24) is 0 Å². The zero-order chi connectivity index (χ0) is 17.1. The monoisotopic (exact) mass is 317 g/mol. The molecule has 23 heavy (non-hydrogen) atoms. The standard InChI is InChI=1S/C21H35NO/c1-20(2,3)18-7-9-19(10-8-18)22-14-11-17(12-15-22)13-16-23-21(4,5)6/h7-10,17H,11-16H2,1-6H3. The highest BCUT2D eigenvalue weighted by Crippen LogP contribution is 2.28. The van der Waals surface area contributed by atoms with E-state index in [-0.39, 0.29) is 11.0 Å². The minimum atomic E-state index is -0.00446. The summed E-state index contributed by atoms with van der Waals surface area (Å²) >= 11 is 0. The molecule has 0 saturated carbocycles. The lowest BCUT2D eigenvalue weighted by Crippen LogP contribution is -2.34. The van der Waals surface area contributed by atoms with E-state index < -0.39 is 0 Å². The largest absolute Gasteiger partial charge is 0.376 e. The van der Waals surface area contributed by atoms with Gasteiger partial charge < -0.3 is 9.64 Å². The third kappa shape index (κ3) is 5.84. The first-order chi connectivity index (χ1) is 10.6. The minimum absolute atomic E-state index is 0.00446. The predicted octanol–water partition coefficient (Wildman–Crippen LogP) is 5.41. The van der Waals surface area contributed by atoms with Gasteiger partial charge in [-0.2, -0.15) is 0 Å². The molecule has 0 bridgehead atoms. The molecule has 0 atom stereocenters. The summed E-state index contributed by atoms with van der Waals surface area (Å²) in [6, 6.07) is 9.17. The third-order valence-electron chi connectivity index (χ3n) is 4.77. The van der Waals surface area contributed by atoms with Crippen molar-refractivity contribution in [3.63, 3.8) is 0 Å². The molecule has 1 aromatic rings. The molecule has 2 rings (SSSR count). The van der Waals surface area contributed by atoms with Gasteiger partial charge in [0.2, 0.25) is 0 Å². The van der Waals surface area contributed by atoms with Crippen LogP contribution in [0, 0.1) is 5.92 Å². The van der Waals surface area contributed by atoms with Crippen molar-refractivity contribution in [2.75, 3.05) is 24.6 Å². The van der Waals surface area contributed by atoms with Crippen LogP contribution >= 0.6 is 0 Å². The lowest BCUT2D eigenvalue weighted by atomic mass is 9.87. The van der Waals surface area contributed by atoms with Crippen molar-refractivity contribution in [1.29, 1.82) is 0 Å². The lowest BCUT2D eigenvalue weighted by molar-refractivity contribution is -0.0103. The summed E-state index contributed by atoms with van der Waals surface area (Å²) in [6.45, 7) is 16.5. The molecule has 0 amide bonds. The van der Waals surface area contributed by atoms with Crippen LogP contribution in [0.3, 0.4) is 0 Å². The van der Waals surface area contributed by atoms with Gasteiger partial charge in [0.05, 0.1) is 5.60 Å². The molecular weight excluding hydrogens is 282 g/mol. The fourth-order valence-corrected chi connectivity index (χ4v) is 3.18. The molecule has 130 valence electrons. The fourth-order valence-electron chi connectivity index (χ4n) is 3.18. The van der Waals surface area contributed by atoms with Crippen LogP contribution in [0.5, 0.6) is 0 Å². The second-order valence-electron chi connectivity index (χ2n) is 8.98. The summed E-state index contributed by atoms with van der Waals surface area (Å²) in [4.78, 5) is 2.54. The maximum Gasteiger partial charge on any atom is 0.0598 e. The molecular formula is C21H35NO. The van der Waals surface area contributed by atoms with E-state index in [9.17, 15) is 0 Å². The van der Waals surface area contributed by atoms with Crippen molar-refractivity contribution < 1.29 is 4.74 Å². The Balaban J connectivity index is 1.80. The molecule has 0 radical (unpaired) electrons. The molecule has 0 N–H and O–H groups in total. The highest BCUT2D eigenvalue weighted by molar-refractivity contribution is 5.48. The Kier molecular flexibility index (Phi) is 5.78. The SMILES string of the molecule is CC(C)(C)OCCC1CCN(c2ccc(C(C)(C)C)cc2)CC1. The number of ether oxygens (including phenoxy) is 1. The molecule has 0 aromatic heterocycles. The van der Waals surface area contributed by atoms with Crippen molar-refractivity contribution in [2.45, 2.75) is 71.8 Å². The first-order valence-electron chi connectivity index (χ1n) is 9.14. The van der Waals surface area contributed by atoms with Crippen molar-refractivity contribution in [3.8, 4) is 0 Å². The number of nitrogens with zero attached hydrogens (tertiary/aromatic N) is 1. The van der Waals surface area contributed by atoms with Gasteiger partial charge >= 0.3 is 0 Å². The smallest absolute Gasteiger partial charge is 0.0598 e. The molecule has 1 aromatic carbocycles. The van der Waals surface area contributed by atoms with Crippen molar-refractivity contribution in [3.05, 3.63) is 29.8 Å². The Morgan fingerprint density at radius 1 is 0.957 bits per heavy atom. The van der Waals surface area contributed by atoms with Gasteiger partial charge in [-0.15, -0.1) is 0 Å². The molecule has 0 unspecified atom stereocenters. The van der Waals surface area contributed by atoms with Gasteiger partial charge in [-0.05, 0) is 69.1 Å². The quantitative estimate of drug-likeness (QED) is 0.736. The Morgan fingerprint density at radius 2 is 1.52 bits per heavy atom. The maximum absolute atomic E-state index is 5.87. The van der Waals surface area contributed by atoms with E-state index in [0.717, 1.165) is 12.5 Å². The van der Waals surface area contributed by atoms with E-state index in [4.69, 9.17) is 4.74 Å². The Morgan fingerprint density at radius 3 is 2.00 bits per heavy atom. The van der Waals surface area contributed by atoms with Crippen LogP contribution in [-0.2, 0) is 10.2 Å². The lowest BCUT2D eigenvalue weighted by Gasteiger charge is -2.34. The average Bonchev–Trinajstić information content (AvgIpc) is 2.46. The van der Waals surface area contributed by atoms with Gasteiger partial charge in [0.15, 0.2) is 0 Å². The number of anilines is 1. The highest BCUT2D eigenvalue weighted by atomic mass is 16.5. The number of hydrogen-bond acceptors (Lipinski definition) is 2. The molecule has 1 aliphatic heterocycles. The van der Waals surface area contributed by atoms with E-state index in [1.807, 2.05) is 0 Å². The van der Waals surface area contributed by atoms with Crippen LogP contribution in [0.15, 0.2) is 24.3 Å². The zero-order valence-electron chi connectivity index (χ0n) is 16.0.